The minimum absolute atomic E-state index is 0.414. The summed E-state index contributed by atoms with van der Waals surface area (Å²) in [6.07, 6.45) is 0. The Kier molecular flexibility index (Phi) is 7.46. The SMILES string of the molecule is Cc1ccc(-c2c(-n3c4ccccc4c4ccccc43)c(C#N)c(-n3c4ccccc4c4cc5c(cc43)sc3ccccc35)c(C#N)c2-n2c3ccccc3c3ccccc32)cc1. The van der Waals surface area contributed by atoms with E-state index in [1.54, 1.807) is 11.3 Å². The van der Waals surface area contributed by atoms with Crippen LogP contribution in [0.3, 0.4) is 0 Å². The number of rotatable bonds is 4. The Bertz CT molecular complexity index is 3920. The van der Waals surface area contributed by atoms with Crippen molar-refractivity contribution in [2.75, 3.05) is 0 Å². The van der Waals surface area contributed by atoms with E-state index >= 15 is 0 Å². The van der Waals surface area contributed by atoms with Crippen LogP contribution < -0.4 is 0 Å². The quantitative estimate of drug-likeness (QED) is 0.178. The molecule has 0 saturated carbocycles. The fourth-order valence-electron chi connectivity index (χ4n) is 10.3. The molecular weight excluding hydrogens is 787 g/mol. The second kappa shape index (κ2) is 13.3. The van der Waals surface area contributed by atoms with Crippen LogP contribution in [0.4, 0.5) is 0 Å². The number of hydrogen-bond acceptors (Lipinski definition) is 3. The predicted octanol–water partition coefficient (Wildman–Crippen LogP) is 15.1. The molecule has 63 heavy (non-hydrogen) atoms. The molecule has 292 valence electrons. The van der Waals surface area contributed by atoms with Gasteiger partial charge in [-0.25, -0.2) is 0 Å². The van der Waals surface area contributed by atoms with E-state index in [1.165, 1.54) is 15.5 Å². The molecule has 0 saturated heterocycles. The minimum Gasteiger partial charge on any atom is -0.307 e. The van der Waals surface area contributed by atoms with Gasteiger partial charge in [0.05, 0.1) is 50.2 Å². The van der Waals surface area contributed by atoms with Gasteiger partial charge < -0.3 is 13.7 Å². The molecule has 5 nitrogen and oxygen atoms in total. The van der Waals surface area contributed by atoms with E-state index in [0.717, 1.165) is 98.2 Å². The molecule has 0 radical (unpaired) electrons. The summed E-state index contributed by atoms with van der Waals surface area (Å²) in [5.74, 6) is 0. The van der Waals surface area contributed by atoms with Crippen LogP contribution in [0.25, 0.3) is 114 Å². The molecule has 6 heteroatoms. The van der Waals surface area contributed by atoms with Crippen LogP contribution >= 0.6 is 11.3 Å². The number of fused-ring (bicyclic) bond motifs is 12. The summed E-state index contributed by atoms with van der Waals surface area (Å²) >= 11 is 1.77. The van der Waals surface area contributed by atoms with Crippen molar-refractivity contribution in [2.24, 2.45) is 0 Å². The number of nitriles is 2. The van der Waals surface area contributed by atoms with Crippen molar-refractivity contribution < 1.29 is 0 Å². The van der Waals surface area contributed by atoms with Crippen LogP contribution in [0.1, 0.15) is 16.7 Å². The molecule has 13 rings (SSSR count). The van der Waals surface area contributed by atoms with Gasteiger partial charge in [0.25, 0.3) is 0 Å². The minimum atomic E-state index is 0.414. The maximum Gasteiger partial charge on any atom is 0.104 e. The van der Waals surface area contributed by atoms with Gasteiger partial charge in [0.2, 0.25) is 0 Å². The molecule has 0 N–H and O–H groups in total. The number of aryl methyl sites for hydroxylation is 1. The van der Waals surface area contributed by atoms with Crippen molar-refractivity contribution in [3.8, 4) is 40.3 Å². The summed E-state index contributed by atoms with van der Waals surface area (Å²) in [6, 6.07) is 69.5. The molecule has 0 atom stereocenters. The normalized spacial score (nSPS) is 11.9. The zero-order chi connectivity index (χ0) is 41.9. The summed E-state index contributed by atoms with van der Waals surface area (Å²) in [7, 11) is 0. The average molecular weight is 820 g/mol. The monoisotopic (exact) mass is 819 g/mol. The van der Waals surface area contributed by atoms with Crippen LogP contribution in [0.15, 0.2) is 182 Å². The highest BCUT2D eigenvalue weighted by Gasteiger charge is 2.33. The second-order valence-electron chi connectivity index (χ2n) is 16.3. The maximum atomic E-state index is 12.1. The highest BCUT2D eigenvalue weighted by atomic mass is 32.1. The first-order chi connectivity index (χ1) is 31.1. The van der Waals surface area contributed by atoms with E-state index in [2.05, 4.69) is 215 Å². The van der Waals surface area contributed by atoms with Gasteiger partial charge >= 0.3 is 0 Å². The lowest BCUT2D eigenvalue weighted by molar-refractivity contribution is 1.08. The smallest absolute Gasteiger partial charge is 0.104 e. The number of para-hydroxylation sites is 5. The van der Waals surface area contributed by atoms with Gasteiger partial charge in [-0.2, -0.15) is 10.5 Å². The molecule has 0 aliphatic carbocycles. The van der Waals surface area contributed by atoms with E-state index in [0.29, 0.717) is 16.8 Å². The highest BCUT2D eigenvalue weighted by molar-refractivity contribution is 7.25. The molecule has 4 aromatic heterocycles. The topological polar surface area (TPSA) is 62.4 Å². The fraction of sp³-hybridized carbons (Fsp3) is 0.0175. The lowest BCUT2D eigenvalue weighted by atomic mass is 9.91. The van der Waals surface area contributed by atoms with Gasteiger partial charge in [0.15, 0.2) is 0 Å². The Morgan fingerprint density at radius 3 is 1.22 bits per heavy atom. The third-order valence-electron chi connectivity index (χ3n) is 13.0. The Morgan fingerprint density at radius 2 is 0.762 bits per heavy atom. The van der Waals surface area contributed by atoms with Gasteiger partial charge in [-0.3, -0.25) is 0 Å². The van der Waals surface area contributed by atoms with Crippen molar-refractivity contribution in [1.29, 1.82) is 10.5 Å². The van der Waals surface area contributed by atoms with E-state index in [1.807, 2.05) is 0 Å². The van der Waals surface area contributed by atoms with Crippen molar-refractivity contribution in [3.63, 3.8) is 0 Å². The van der Waals surface area contributed by atoms with E-state index in [4.69, 9.17) is 0 Å². The van der Waals surface area contributed by atoms with Gasteiger partial charge in [0.1, 0.15) is 23.3 Å². The number of benzene rings is 9. The average Bonchev–Trinajstić information content (AvgIpc) is 4.06. The van der Waals surface area contributed by atoms with Crippen molar-refractivity contribution in [1.82, 2.24) is 13.7 Å². The number of thiophene rings is 1. The first kappa shape index (κ1) is 35.3. The van der Waals surface area contributed by atoms with Crippen LogP contribution in [-0.4, -0.2) is 13.7 Å². The molecule has 9 aromatic carbocycles. The lowest BCUT2D eigenvalue weighted by Crippen LogP contribution is -2.14. The van der Waals surface area contributed by atoms with Gasteiger partial charge in [-0.05, 0) is 61.0 Å². The molecule has 0 amide bonds. The van der Waals surface area contributed by atoms with Crippen molar-refractivity contribution in [2.45, 2.75) is 6.92 Å². The third-order valence-corrected chi connectivity index (χ3v) is 14.1. The van der Waals surface area contributed by atoms with Crippen LogP contribution in [0.5, 0.6) is 0 Å². The fourth-order valence-corrected chi connectivity index (χ4v) is 11.5. The van der Waals surface area contributed by atoms with E-state index in [-0.39, 0.29) is 0 Å². The van der Waals surface area contributed by atoms with Gasteiger partial charge in [0, 0.05) is 58.1 Å². The number of aromatic nitrogens is 3. The van der Waals surface area contributed by atoms with Crippen LogP contribution in [0.2, 0.25) is 0 Å². The maximum absolute atomic E-state index is 12.1. The largest absolute Gasteiger partial charge is 0.307 e. The lowest BCUT2D eigenvalue weighted by Gasteiger charge is -2.26. The molecule has 0 bridgehead atoms. The highest BCUT2D eigenvalue weighted by Crippen LogP contribution is 2.49. The molecule has 13 aromatic rings. The molecular formula is C57H33N5S. The summed E-state index contributed by atoms with van der Waals surface area (Å²) in [4.78, 5) is 0. The molecule has 0 spiro atoms. The van der Waals surface area contributed by atoms with Crippen LogP contribution in [-0.2, 0) is 0 Å². The van der Waals surface area contributed by atoms with Gasteiger partial charge in [-0.15, -0.1) is 11.3 Å². The molecule has 0 aliphatic heterocycles. The van der Waals surface area contributed by atoms with E-state index < -0.39 is 0 Å². The number of nitrogens with zero attached hydrogens (tertiary/aromatic N) is 5. The second-order valence-corrected chi connectivity index (χ2v) is 17.4. The predicted molar refractivity (Wildman–Crippen MR) is 262 cm³/mol. The van der Waals surface area contributed by atoms with E-state index in [9.17, 15) is 10.5 Å². The summed E-state index contributed by atoms with van der Waals surface area (Å²) < 4.78 is 9.12. The Hall–Kier alpha value is -8.42. The summed E-state index contributed by atoms with van der Waals surface area (Å²) in [5.41, 5.74) is 11.4. The zero-order valence-electron chi connectivity index (χ0n) is 34.0. The van der Waals surface area contributed by atoms with Gasteiger partial charge in [-0.1, -0.05) is 139 Å². The first-order valence-corrected chi connectivity index (χ1v) is 21.9. The molecule has 0 aliphatic rings. The van der Waals surface area contributed by atoms with Crippen LogP contribution in [0, 0.1) is 29.6 Å². The molecule has 0 fully saturated rings. The summed E-state index contributed by atoms with van der Waals surface area (Å²) in [6.45, 7) is 2.09. The van der Waals surface area contributed by atoms with Crippen molar-refractivity contribution in [3.05, 3.63) is 199 Å². The Labute approximate surface area is 365 Å². The third kappa shape index (κ3) is 4.84. The Morgan fingerprint density at radius 1 is 0.365 bits per heavy atom. The standard InChI is InChI=1S/C57H33N5S/c1-34-26-28-35(29-27-34)54-56(60-46-20-8-2-14-36(46)37-15-3-9-21-47(37)60)44(32-58)55(45(33-59)57(54)61-48-22-10-4-16-38(48)39-17-5-11-23-49(39)61)62-50-24-12-6-18-40(50)42-30-43-41-19-7-13-25-52(41)63-53(43)31-51(42)62/h2-31H,1H3. The molecule has 4 heterocycles. The Balaban J connectivity index is 1.33. The zero-order valence-corrected chi connectivity index (χ0v) is 34.8. The van der Waals surface area contributed by atoms with Crippen molar-refractivity contribution >= 4 is 96.9 Å². The first-order valence-electron chi connectivity index (χ1n) is 21.1. The summed E-state index contributed by atoms with van der Waals surface area (Å²) in [5, 5.41) is 33.0. The molecule has 0 unspecified atom stereocenters. The number of hydrogen-bond donors (Lipinski definition) is 0.